The maximum atomic E-state index is 13.6. The average Bonchev–Trinajstić information content (AvgIpc) is 3.41. The second kappa shape index (κ2) is 8.69. The normalized spacial score (nSPS) is 14.0. The van der Waals surface area contributed by atoms with E-state index in [9.17, 15) is 13.2 Å². The summed E-state index contributed by atoms with van der Waals surface area (Å²) < 4.78 is 33.9. The Morgan fingerprint density at radius 2 is 1.81 bits per heavy atom. The van der Waals surface area contributed by atoms with Gasteiger partial charge in [0, 0.05) is 18.2 Å². The molecule has 1 amide bonds. The average molecular weight is 439 g/mol. The summed E-state index contributed by atoms with van der Waals surface area (Å²) in [5.41, 5.74) is 2.95. The zero-order chi connectivity index (χ0) is 22.0. The lowest BCUT2D eigenvalue weighted by Gasteiger charge is -2.23. The first-order chi connectivity index (χ1) is 14.8. The van der Waals surface area contributed by atoms with Crippen LogP contribution in [0, 0.1) is 13.8 Å². The molecule has 1 aliphatic rings. The van der Waals surface area contributed by atoms with E-state index in [1.165, 1.54) is 10.6 Å². The molecule has 0 saturated heterocycles. The predicted octanol–water partition coefficient (Wildman–Crippen LogP) is 4.18. The SMILES string of the molecule is Cc1ccc(C)c(S(=O)(=O)N(Cc2ccc(C(=O)NC3CC3)cc2)Cc2ccco2)c1. The molecule has 4 rings (SSSR count). The highest BCUT2D eigenvalue weighted by atomic mass is 32.2. The lowest BCUT2D eigenvalue weighted by Crippen LogP contribution is -2.31. The molecule has 1 aliphatic carbocycles. The molecule has 1 heterocycles. The Labute approximate surface area is 182 Å². The van der Waals surface area contributed by atoms with Crippen molar-refractivity contribution in [3.8, 4) is 0 Å². The molecule has 1 N–H and O–H groups in total. The van der Waals surface area contributed by atoms with Gasteiger partial charge in [-0.25, -0.2) is 8.42 Å². The highest BCUT2D eigenvalue weighted by molar-refractivity contribution is 7.89. The van der Waals surface area contributed by atoms with Gasteiger partial charge < -0.3 is 9.73 Å². The summed E-state index contributed by atoms with van der Waals surface area (Å²) in [6.07, 6.45) is 3.59. The number of furan rings is 1. The summed E-state index contributed by atoms with van der Waals surface area (Å²) in [5, 5.41) is 2.96. The van der Waals surface area contributed by atoms with Crippen molar-refractivity contribution in [3.05, 3.63) is 88.9 Å². The molecule has 1 saturated carbocycles. The molecule has 0 spiro atoms. The number of nitrogens with zero attached hydrogens (tertiary/aromatic N) is 1. The number of hydrogen-bond acceptors (Lipinski definition) is 4. The Morgan fingerprint density at radius 1 is 1.06 bits per heavy atom. The van der Waals surface area contributed by atoms with Gasteiger partial charge in [-0.3, -0.25) is 4.79 Å². The van der Waals surface area contributed by atoms with Gasteiger partial charge in [-0.05, 0) is 73.7 Å². The van der Waals surface area contributed by atoms with Crippen LogP contribution in [0.25, 0.3) is 0 Å². The van der Waals surface area contributed by atoms with E-state index in [0.717, 1.165) is 24.0 Å². The zero-order valence-corrected chi connectivity index (χ0v) is 18.5. The summed E-state index contributed by atoms with van der Waals surface area (Å²) in [4.78, 5) is 12.5. The van der Waals surface area contributed by atoms with Crippen molar-refractivity contribution in [3.63, 3.8) is 0 Å². The number of carbonyl (C=O) groups is 1. The number of amides is 1. The Bertz CT molecular complexity index is 1160. The minimum atomic E-state index is -3.77. The molecule has 0 bridgehead atoms. The van der Waals surface area contributed by atoms with Crippen molar-refractivity contribution in [2.45, 2.75) is 50.7 Å². The minimum Gasteiger partial charge on any atom is -0.468 e. The van der Waals surface area contributed by atoms with E-state index in [2.05, 4.69) is 5.32 Å². The van der Waals surface area contributed by atoms with E-state index in [0.29, 0.717) is 27.8 Å². The highest BCUT2D eigenvalue weighted by Gasteiger charge is 2.28. The fraction of sp³-hybridized carbons (Fsp3) is 0.292. The van der Waals surface area contributed by atoms with Gasteiger partial charge in [-0.2, -0.15) is 4.31 Å². The van der Waals surface area contributed by atoms with Crippen LogP contribution in [0.15, 0.2) is 70.2 Å². The lowest BCUT2D eigenvalue weighted by molar-refractivity contribution is 0.0951. The summed E-state index contributed by atoms with van der Waals surface area (Å²) in [7, 11) is -3.77. The van der Waals surface area contributed by atoms with Crippen LogP contribution in [-0.4, -0.2) is 24.7 Å². The van der Waals surface area contributed by atoms with Crippen LogP contribution in [0.1, 0.15) is 45.7 Å². The van der Waals surface area contributed by atoms with Gasteiger partial charge in [-0.15, -0.1) is 0 Å². The van der Waals surface area contributed by atoms with Crippen molar-refractivity contribution >= 4 is 15.9 Å². The van der Waals surface area contributed by atoms with Gasteiger partial charge in [0.2, 0.25) is 10.0 Å². The molecule has 1 aromatic heterocycles. The third kappa shape index (κ3) is 5.06. The molecule has 1 fully saturated rings. The topological polar surface area (TPSA) is 79.6 Å². The molecule has 0 unspecified atom stereocenters. The van der Waals surface area contributed by atoms with Crippen molar-refractivity contribution in [2.75, 3.05) is 0 Å². The van der Waals surface area contributed by atoms with E-state index in [4.69, 9.17) is 4.42 Å². The quantitative estimate of drug-likeness (QED) is 0.572. The van der Waals surface area contributed by atoms with Gasteiger partial charge >= 0.3 is 0 Å². The van der Waals surface area contributed by atoms with Crippen LogP contribution in [-0.2, 0) is 23.1 Å². The number of rotatable bonds is 8. The van der Waals surface area contributed by atoms with Crippen LogP contribution in [0.4, 0.5) is 0 Å². The van der Waals surface area contributed by atoms with E-state index >= 15 is 0 Å². The molecular weight excluding hydrogens is 412 g/mol. The van der Waals surface area contributed by atoms with Crippen LogP contribution in [0.2, 0.25) is 0 Å². The Morgan fingerprint density at radius 3 is 2.45 bits per heavy atom. The first kappa shape index (κ1) is 21.3. The molecule has 3 aromatic rings. The Kier molecular flexibility index (Phi) is 5.98. The Hall–Kier alpha value is -2.90. The third-order valence-corrected chi connectivity index (χ3v) is 7.30. The zero-order valence-electron chi connectivity index (χ0n) is 17.7. The van der Waals surface area contributed by atoms with Gasteiger partial charge in [0.1, 0.15) is 5.76 Å². The van der Waals surface area contributed by atoms with Crippen LogP contribution in [0.5, 0.6) is 0 Å². The van der Waals surface area contributed by atoms with Crippen LogP contribution < -0.4 is 5.32 Å². The van der Waals surface area contributed by atoms with Crippen molar-refractivity contribution < 1.29 is 17.6 Å². The Balaban J connectivity index is 1.60. The van der Waals surface area contributed by atoms with Gasteiger partial charge in [0.05, 0.1) is 17.7 Å². The third-order valence-electron chi connectivity index (χ3n) is 5.36. The standard InChI is InChI=1S/C24H26N2O4S/c1-17-5-6-18(2)23(14-17)31(28,29)26(16-22-4-3-13-30-22)15-19-7-9-20(10-8-19)24(27)25-21-11-12-21/h3-10,13-14,21H,11-12,15-16H2,1-2H3,(H,25,27). The highest BCUT2D eigenvalue weighted by Crippen LogP contribution is 2.25. The molecule has 0 aliphatic heterocycles. The fourth-order valence-electron chi connectivity index (χ4n) is 3.39. The fourth-order valence-corrected chi connectivity index (χ4v) is 5.09. The number of nitrogens with one attached hydrogen (secondary N) is 1. The summed E-state index contributed by atoms with van der Waals surface area (Å²) in [5.74, 6) is 0.471. The van der Waals surface area contributed by atoms with Gasteiger partial charge in [-0.1, -0.05) is 24.3 Å². The number of aryl methyl sites for hydroxylation is 2. The largest absolute Gasteiger partial charge is 0.468 e. The van der Waals surface area contributed by atoms with Crippen LogP contribution in [0.3, 0.4) is 0 Å². The number of hydrogen-bond donors (Lipinski definition) is 1. The lowest BCUT2D eigenvalue weighted by atomic mass is 10.1. The molecule has 0 atom stereocenters. The van der Waals surface area contributed by atoms with Crippen molar-refractivity contribution in [2.24, 2.45) is 0 Å². The predicted molar refractivity (Wildman–Crippen MR) is 118 cm³/mol. The number of benzene rings is 2. The molecule has 6 nitrogen and oxygen atoms in total. The van der Waals surface area contributed by atoms with Crippen LogP contribution >= 0.6 is 0 Å². The molecule has 31 heavy (non-hydrogen) atoms. The molecule has 2 aromatic carbocycles. The van der Waals surface area contributed by atoms with E-state index in [-0.39, 0.29) is 19.0 Å². The van der Waals surface area contributed by atoms with Gasteiger partial charge in [0.25, 0.3) is 5.91 Å². The van der Waals surface area contributed by atoms with Crippen molar-refractivity contribution in [1.82, 2.24) is 9.62 Å². The monoisotopic (exact) mass is 438 g/mol. The smallest absolute Gasteiger partial charge is 0.251 e. The maximum Gasteiger partial charge on any atom is 0.251 e. The molecule has 0 radical (unpaired) electrons. The van der Waals surface area contributed by atoms with E-state index in [1.54, 1.807) is 49.4 Å². The maximum absolute atomic E-state index is 13.6. The summed E-state index contributed by atoms with van der Waals surface area (Å²) >= 11 is 0. The molecular formula is C24H26N2O4S. The summed E-state index contributed by atoms with van der Waals surface area (Å²) in [6.45, 7) is 3.96. The van der Waals surface area contributed by atoms with Gasteiger partial charge in [0.15, 0.2) is 0 Å². The molecule has 7 heteroatoms. The van der Waals surface area contributed by atoms with E-state index < -0.39 is 10.0 Å². The number of carbonyl (C=O) groups excluding carboxylic acids is 1. The second-order valence-corrected chi connectivity index (χ2v) is 9.97. The van der Waals surface area contributed by atoms with Crippen molar-refractivity contribution in [1.29, 1.82) is 0 Å². The molecule has 162 valence electrons. The second-order valence-electron chi connectivity index (χ2n) is 8.07. The minimum absolute atomic E-state index is 0.0931. The first-order valence-corrected chi connectivity index (χ1v) is 11.8. The summed E-state index contributed by atoms with van der Waals surface area (Å²) in [6, 6.07) is 16.3. The number of sulfonamides is 1. The first-order valence-electron chi connectivity index (χ1n) is 10.3. The van der Waals surface area contributed by atoms with E-state index in [1.807, 2.05) is 19.1 Å².